The Balaban J connectivity index is 1.31. The summed E-state index contributed by atoms with van der Waals surface area (Å²) in [6.45, 7) is 8.53. The molecule has 4 rings (SSSR count). The Morgan fingerprint density at radius 1 is 1.14 bits per heavy atom. The molecule has 8 heteroatoms. The van der Waals surface area contributed by atoms with Gasteiger partial charge in [-0.15, -0.1) is 0 Å². The molecule has 152 valence electrons. The van der Waals surface area contributed by atoms with Crippen LogP contribution in [0.3, 0.4) is 0 Å². The Morgan fingerprint density at radius 3 is 2.46 bits per heavy atom. The molecule has 0 spiro atoms. The lowest BCUT2D eigenvalue weighted by atomic mass is 10.0. The molecule has 3 heterocycles. The molecular formula is C20H28N4O3S. The van der Waals surface area contributed by atoms with Crippen molar-refractivity contribution in [3.8, 4) is 11.4 Å². The van der Waals surface area contributed by atoms with Gasteiger partial charge in [-0.25, -0.2) is 8.42 Å². The zero-order valence-electron chi connectivity index (χ0n) is 16.5. The Morgan fingerprint density at radius 2 is 1.86 bits per heavy atom. The largest absolute Gasteiger partial charge is 0.338 e. The molecule has 28 heavy (non-hydrogen) atoms. The molecule has 0 unspecified atom stereocenters. The topological polar surface area (TPSA) is 79.5 Å². The molecule has 0 radical (unpaired) electrons. The summed E-state index contributed by atoms with van der Waals surface area (Å²) < 4.78 is 28.8. The molecule has 2 aliphatic rings. The average molecular weight is 405 g/mol. The van der Waals surface area contributed by atoms with Crippen molar-refractivity contribution in [1.82, 2.24) is 19.9 Å². The second-order valence-corrected chi connectivity index (χ2v) is 10.4. The van der Waals surface area contributed by atoms with Crippen LogP contribution >= 0.6 is 0 Å². The molecule has 0 saturated carbocycles. The highest BCUT2D eigenvalue weighted by atomic mass is 32.2. The van der Waals surface area contributed by atoms with E-state index in [2.05, 4.69) is 45.9 Å². The number of nitrogens with zero attached hydrogens (tertiary/aromatic N) is 4. The Hall–Kier alpha value is -1.77. The van der Waals surface area contributed by atoms with Crippen LogP contribution in [0.15, 0.2) is 28.8 Å². The third-order valence-corrected chi connectivity index (χ3v) is 7.54. The number of hydrogen-bond donors (Lipinski definition) is 0. The highest BCUT2D eigenvalue weighted by molar-refractivity contribution is 7.91. The van der Waals surface area contributed by atoms with Crippen molar-refractivity contribution in [2.24, 2.45) is 0 Å². The van der Waals surface area contributed by atoms with Gasteiger partial charge in [0.25, 0.3) is 0 Å². The lowest BCUT2D eigenvalue weighted by Crippen LogP contribution is -2.50. The first-order valence-corrected chi connectivity index (χ1v) is 11.8. The van der Waals surface area contributed by atoms with Crippen molar-refractivity contribution in [3.63, 3.8) is 0 Å². The van der Waals surface area contributed by atoms with E-state index >= 15 is 0 Å². The molecule has 0 bridgehead atoms. The molecule has 7 nitrogen and oxygen atoms in total. The summed E-state index contributed by atoms with van der Waals surface area (Å²) in [5.41, 5.74) is 2.26. The quantitative estimate of drug-likeness (QED) is 0.755. The van der Waals surface area contributed by atoms with Gasteiger partial charge in [0.2, 0.25) is 11.7 Å². The van der Waals surface area contributed by atoms with Gasteiger partial charge in [-0.2, -0.15) is 4.98 Å². The third-order valence-electron chi connectivity index (χ3n) is 5.79. The fourth-order valence-electron chi connectivity index (χ4n) is 3.99. The fourth-order valence-corrected chi connectivity index (χ4v) is 5.76. The lowest BCUT2D eigenvalue weighted by Gasteiger charge is -2.37. The molecule has 2 aliphatic heterocycles. The maximum absolute atomic E-state index is 11.7. The predicted octanol–water partition coefficient (Wildman–Crippen LogP) is 2.16. The van der Waals surface area contributed by atoms with Crippen molar-refractivity contribution < 1.29 is 12.9 Å². The van der Waals surface area contributed by atoms with Crippen molar-refractivity contribution in [1.29, 1.82) is 0 Å². The second-order valence-electron chi connectivity index (χ2n) is 8.16. The van der Waals surface area contributed by atoms with Crippen molar-refractivity contribution in [2.75, 3.05) is 37.7 Å². The van der Waals surface area contributed by atoms with E-state index in [0.29, 0.717) is 35.7 Å². The van der Waals surface area contributed by atoms with Crippen LogP contribution in [0.2, 0.25) is 0 Å². The summed E-state index contributed by atoms with van der Waals surface area (Å²) in [5.74, 6) is 2.40. The number of benzene rings is 1. The van der Waals surface area contributed by atoms with Crippen LogP contribution < -0.4 is 0 Å². The van der Waals surface area contributed by atoms with Gasteiger partial charge in [-0.05, 0) is 17.9 Å². The van der Waals surface area contributed by atoms with Gasteiger partial charge in [0.15, 0.2) is 9.84 Å². The standard InChI is InChI=1S/C20H28N4O3S/c1-15(2)16-3-5-17(6-4-16)20-21-19(27-22-20)13-23-8-10-24(11-9-23)18-7-12-28(25,26)14-18/h3-6,15,18H,7-14H2,1-2H3/t18-/m1/s1. The normalized spacial score (nSPS) is 23.5. The average Bonchev–Trinajstić information content (AvgIpc) is 3.29. The number of aromatic nitrogens is 2. The van der Waals surface area contributed by atoms with Gasteiger partial charge in [0.1, 0.15) is 0 Å². The van der Waals surface area contributed by atoms with Crippen LogP contribution in [0.25, 0.3) is 11.4 Å². The minimum atomic E-state index is -2.83. The molecule has 2 aromatic rings. The Kier molecular flexibility index (Phi) is 5.53. The highest BCUT2D eigenvalue weighted by Crippen LogP contribution is 2.22. The highest BCUT2D eigenvalue weighted by Gasteiger charge is 2.33. The van der Waals surface area contributed by atoms with Crippen LogP contribution in [0.4, 0.5) is 0 Å². The molecule has 1 aromatic heterocycles. The van der Waals surface area contributed by atoms with Crippen LogP contribution in [-0.4, -0.2) is 72.1 Å². The summed E-state index contributed by atoms with van der Waals surface area (Å²) in [4.78, 5) is 9.16. The molecule has 1 atom stereocenters. The zero-order valence-corrected chi connectivity index (χ0v) is 17.4. The molecule has 0 N–H and O–H groups in total. The van der Waals surface area contributed by atoms with E-state index in [1.165, 1.54) is 5.56 Å². The molecule has 0 amide bonds. The monoisotopic (exact) mass is 404 g/mol. The van der Waals surface area contributed by atoms with Crippen molar-refractivity contribution in [2.45, 2.75) is 38.8 Å². The van der Waals surface area contributed by atoms with Crippen molar-refractivity contribution in [3.05, 3.63) is 35.7 Å². The first-order chi connectivity index (χ1) is 13.4. The Bertz CT molecular complexity index is 900. The van der Waals surface area contributed by atoms with Crippen LogP contribution in [0.5, 0.6) is 0 Å². The summed E-state index contributed by atoms with van der Waals surface area (Å²) in [7, 11) is -2.83. The minimum absolute atomic E-state index is 0.191. The second kappa shape index (κ2) is 7.93. The number of piperazine rings is 1. The van der Waals surface area contributed by atoms with Crippen LogP contribution in [-0.2, 0) is 16.4 Å². The molecule has 1 aromatic carbocycles. The van der Waals surface area contributed by atoms with E-state index in [4.69, 9.17) is 4.52 Å². The summed E-state index contributed by atoms with van der Waals surface area (Å²) in [5, 5.41) is 4.13. The van der Waals surface area contributed by atoms with Crippen LogP contribution in [0, 0.1) is 0 Å². The van der Waals surface area contributed by atoms with E-state index in [9.17, 15) is 8.42 Å². The fraction of sp³-hybridized carbons (Fsp3) is 0.600. The van der Waals surface area contributed by atoms with E-state index in [-0.39, 0.29) is 6.04 Å². The molecular weight excluding hydrogens is 376 g/mol. The van der Waals surface area contributed by atoms with E-state index in [0.717, 1.165) is 38.2 Å². The lowest BCUT2D eigenvalue weighted by molar-refractivity contribution is 0.0926. The number of hydrogen-bond acceptors (Lipinski definition) is 7. The predicted molar refractivity (Wildman–Crippen MR) is 108 cm³/mol. The number of sulfone groups is 1. The summed E-state index contributed by atoms with van der Waals surface area (Å²) in [6, 6.07) is 8.49. The van der Waals surface area contributed by atoms with E-state index < -0.39 is 9.84 Å². The van der Waals surface area contributed by atoms with E-state index in [1.54, 1.807) is 0 Å². The molecule has 0 aliphatic carbocycles. The van der Waals surface area contributed by atoms with E-state index in [1.807, 2.05) is 12.1 Å². The summed E-state index contributed by atoms with van der Waals surface area (Å²) in [6.07, 6.45) is 0.769. The SMILES string of the molecule is CC(C)c1ccc(-c2noc(CN3CCN([C@@H]4CCS(=O)(=O)C4)CC3)n2)cc1. The van der Waals surface area contributed by atoms with Crippen LogP contribution in [0.1, 0.15) is 37.6 Å². The zero-order chi connectivity index (χ0) is 19.7. The minimum Gasteiger partial charge on any atom is -0.338 e. The van der Waals surface area contributed by atoms with Gasteiger partial charge in [0, 0.05) is 37.8 Å². The summed E-state index contributed by atoms with van der Waals surface area (Å²) >= 11 is 0. The smallest absolute Gasteiger partial charge is 0.241 e. The maximum atomic E-state index is 11.7. The third kappa shape index (κ3) is 4.45. The van der Waals surface area contributed by atoms with Gasteiger partial charge >= 0.3 is 0 Å². The van der Waals surface area contributed by atoms with Gasteiger partial charge in [0.05, 0.1) is 18.1 Å². The first-order valence-electron chi connectivity index (χ1n) is 9.99. The van der Waals surface area contributed by atoms with Gasteiger partial charge in [-0.3, -0.25) is 9.80 Å². The molecule has 2 saturated heterocycles. The maximum Gasteiger partial charge on any atom is 0.241 e. The Labute approximate surface area is 166 Å². The van der Waals surface area contributed by atoms with Crippen molar-refractivity contribution >= 4 is 9.84 Å². The van der Waals surface area contributed by atoms with Gasteiger partial charge < -0.3 is 4.52 Å². The first kappa shape index (κ1) is 19.5. The van der Waals surface area contributed by atoms with Gasteiger partial charge in [-0.1, -0.05) is 43.3 Å². The number of rotatable bonds is 5. The molecule has 2 fully saturated rings.